The Morgan fingerprint density at radius 2 is 1.70 bits per heavy atom. The van der Waals surface area contributed by atoms with Crippen LogP contribution in [0, 0.1) is 0 Å². The average Bonchev–Trinajstić information content (AvgIpc) is 3.27. The summed E-state index contributed by atoms with van der Waals surface area (Å²) in [6, 6.07) is 13.9. The molecule has 2 atom stereocenters. The molecule has 0 aromatic heterocycles. The zero-order chi connectivity index (χ0) is 14.1. The van der Waals surface area contributed by atoms with Crippen LogP contribution in [0.2, 0.25) is 0 Å². The number of hydrogen-bond acceptors (Lipinski definition) is 3. The second-order valence-corrected chi connectivity index (χ2v) is 5.46. The van der Waals surface area contributed by atoms with Crippen molar-refractivity contribution in [3.8, 4) is 11.5 Å². The van der Waals surface area contributed by atoms with Crippen LogP contribution in [0.3, 0.4) is 0 Å². The van der Waals surface area contributed by atoms with Gasteiger partial charge in [0.1, 0.15) is 23.7 Å². The van der Waals surface area contributed by atoms with Gasteiger partial charge in [-0.05, 0) is 29.8 Å². The zero-order valence-electron chi connectivity index (χ0n) is 11.3. The van der Waals surface area contributed by atoms with Crippen molar-refractivity contribution in [3.05, 3.63) is 58.1 Å². The fourth-order valence-electron chi connectivity index (χ4n) is 2.35. The standard InChI is InChI=1S/C16H15BrO3/c1-18-10-7-8-14(19-2)12(9-10)16-15(20-16)11-5-3-4-6-13(11)17/h3-9,15-16H,1-2H3/t15-,16-/m1/s1. The fourth-order valence-corrected chi connectivity index (χ4v) is 2.86. The average molecular weight is 335 g/mol. The van der Waals surface area contributed by atoms with Crippen LogP contribution in [0.5, 0.6) is 11.5 Å². The van der Waals surface area contributed by atoms with Crippen molar-refractivity contribution >= 4 is 15.9 Å². The molecule has 0 aliphatic carbocycles. The van der Waals surface area contributed by atoms with Crippen LogP contribution in [-0.2, 0) is 4.74 Å². The van der Waals surface area contributed by atoms with E-state index in [0.717, 1.165) is 27.1 Å². The molecule has 0 unspecified atom stereocenters. The molecule has 20 heavy (non-hydrogen) atoms. The number of benzene rings is 2. The lowest BCUT2D eigenvalue weighted by Crippen LogP contribution is -1.93. The number of halogens is 1. The third-order valence-electron chi connectivity index (χ3n) is 3.45. The highest BCUT2D eigenvalue weighted by Crippen LogP contribution is 2.55. The van der Waals surface area contributed by atoms with Crippen LogP contribution in [-0.4, -0.2) is 14.2 Å². The SMILES string of the molecule is COc1ccc(OC)c([C@H]2O[C@@H]2c2ccccc2Br)c1. The Kier molecular flexibility index (Phi) is 3.68. The van der Waals surface area contributed by atoms with Crippen LogP contribution in [0.25, 0.3) is 0 Å². The van der Waals surface area contributed by atoms with Gasteiger partial charge in [-0.3, -0.25) is 0 Å². The molecular formula is C16H15BrO3. The highest BCUT2D eigenvalue weighted by Gasteiger charge is 2.44. The Labute approximate surface area is 126 Å². The molecule has 0 saturated carbocycles. The van der Waals surface area contributed by atoms with Gasteiger partial charge in [0.2, 0.25) is 0 Å². The zero-order valence-corrected chi connectivity index (χ0v) is 12.9. The minimum atomic E-state index is 0.0127. The van der Waals surface area contributed by atoms with E-state index in [9.17, 15) is 0 Å². The second-order valence-electron chi connectivity index (χ2n) is 4.61. The lowest BCUT2D eigenvalue weighted by Gasteiger charge is -2.08. The van der Waals surface area contributed by atoms with Gasteiger partial charge in [-0.15, -0.1) is 0 Å². The summed E-state index contributed by atoms with van der Waals surface area (Å²) < 4.78 is 17.6. The Morgan fingerprint density at radius 1 is 0.950 bits per heavy atom. The van der Waals surface area contributed by atoms with Crippen LogP contribution in [0.15, 0.2) is 46.9 Å². The summed E-state index contributed by atoms with van der Waals surface area (Å²) >= 11 is 3.56. The van der Waals surface area contributed by atoms with Crippen molar-refractivity contribution in [1.29, 1.82) is 0 Å². The maximum Gasteiger partial charge on any atom is 0.125 e. The Balaban J connectivity index is 1.91. The highest BCUT2D eigenvalue weighted by atomic mass is 79.9. The predicted molar refractivity (Wildman–Crippen MR) is 80.3 cm³/mol. The Morgan fingerprint density at radius 3 is 2.40 bits per heavy atom. The lowest BCUT2D eigenvalue weighted by molar-refractivity contribution is 0.361. The first kappa shape index (κ1) is 13.5. The number of rotatable bonds is 4. The van der Waals surface area contributed by atoms with Crippen LogP contribution < -0.4 is 9.47 Å². The van der Waals surface area contributed by atoms with E-state index in [1.807, 2.05) is 36.4 Å². The minimum Gasteiger partial charge on any atom is -0.497 e. The third kappa shape index (κ3) is 2.41. The topological polar surface area (TPSA) is 31.0 Å². The van der Waals surface area contributed by atoms with Crippen LogP contribution >= 0.6 is 15.9 Å². The third-order valence-corrected chi connectivity index (χ3v) is 4.17. The Bertz CT molecular complexity index is 627. The molecule has 3 nitrogen and oxygen atoms in total. The van der Waals surface area contributed by atoms with E-state index < -0.39 is 0 Å². The molecule has 1 heterocycles. The Hall–Kier alpha value is -1.52. The van der Waals surface area contributed by atoms with Crippen LogP contribution in [0.4, 0.5) is 0 Å². The van der Waals surface area contributed by atoms with E-state index in [0.29, 0.717) is 0 Å². The van der Waals surface area contributed by atoms with Gasteiger partial charge in [0.05, 0.1) is 14.2 Å². The van der Waals surface area contributed by atoms with E-state index in [4.69, 9.17) is 14.2 Å². The number of epoxide rings is 1. The normalized spacial score (nSPS) is 20.6. The molecule has 1 aliphatic heterocycles. The van der Waals surface area contributed by atoms with Gasteiger partial charge in [0, 0.05) is 10.0 Å². The van der Waals surface area contributed by atoms with E-state index in [1.165, 1.54) is 0 Å². The van der Waals surface area contributed by atoms with Crippen molar-refractivity contribution in [2.45, 2.75) is 12.2 Å². The van der Waals surface area contributed by atoms with Gasteiger partial charge in [0.15, 0.2) is 0 Å². The van der Waals surface area contributed by atoms with E-state index in [-0.39, 0.29) is 12.2 Å². The molecule has 2 aromatic carbocycles. The summed E-state index contributed by atoms with van der Waals surface area (Å²) in [7, 11) is 3.33. The molecular weight excluding hydrogens is 320 g/mol. The molecule has 1 aliphatic rings. The summed E-state index contributed by atoms with van der Waals surface area (Å²) in [5.41, 5.74) is 2.18. The number of hydrogen-bond donors (Lipinski definition) is 0. The van der Waals surface area contributed by atoms with Gasteiger partial charge in [-0.25, -0.2) is 0 Å². The first-order valence-corrected chi connectivity index (χ1v) is 7.15. The van der Waals surface area contributed by atoms with Gasteiger partial charge >= 0.3 is 0 Å². The van der Waals surface area contributed by atoms with Crippen molar-refractivity contribution in [1.82, 2.24) is 0 Å². The molecule has 0 bridgehead atoms. The molecule has 1 fully saturated rings. The molecule has 0 amide bonds. The minimum absolute atomic E-state index is 0.0127. The molecule has 0 spiro atoms. The van der Waals surface area contributed by atoms with E-state index in [2.05, 4.69) is 22.0 Å². The summed E-state index contributed by atoms with van der Waals surface area (Å²) in [6.07, 6.45) is 0.0744. The fraction of sp³-hybridized carbons (Fsp3) is 0.250. The largest absolute Gasteiger partial charge is 0.497 e. The summed E-state index contributed by atoms with van der Waals surface area (Å²) in [6.45, 7) is 0. The monoisotopic (exact) mass is 334 g/mol. The molecule has 0 N–H and O–H groups in total. The highest BCUT2D eigenvalue weighted by molar-refractivity contribution is 9.10. The van der Waals surface area contributed by atoms with Gasteiger partial charge < -0.3 is 14.2 Å². The van der Waals surface area contributed by atoms with Crippen LogP contribution in [0.1, 0.15) is 23.3 Å². The maximum atomic E-state index is 5.85. The van der Waals surface area contributed by atoms with Crippen molar-refractivity contribution in [2.75, 3.05) is 14.2 Å². The summed E-state index contributed by atoms with van der Waals surface area (Å²) in [5.74, 6) is 1.63. The first-order valence-electron chi connectivity index (χ1n) is 6.36. The van der Waals surface area contributed by atoms with Crippen molar-refractivity contribution in [2.24, 2.45) is 0 Å². The van der Waals surface area contributed by atoms with E-state index in [1.54, 1.807) is 14.2 Å². The summed E-state index contributed by atoms with van der Waals surface area (Å²) in [5, 5.41) is 0. The molecule has 2 aromatic rings. The maximum absolute atomic E-state index is 5.85. The van der Waals surface area contributed by atoms with Gasteiger partial charge in [0.25, 0.3) is 0 Å². The number of ether oxygens (including phenoxy) is 3. The smallest absolute Gasteiger partial charge is 0.125 e. The molecule has 104 valence electrons. The second kappa shape index (κ2) is 5.46. The first-order chi connectivity index (χ1) is 9.74. The van der Waals surface area contributed by atoms with Gasteiger partial charge in [-0.1, -0.05) is 34.1 Å². The predicted octanol–water partition coefficient (Wildman–Crippen LogP) is 4.28. The van der Waals surface area contributed by atoms with Gasteiger partial charge in [-0.2, -0.15) is 0 Å². The molecule has 4 heteroatoms. The van der Waals surface area contributed by atoms with E-state index >= 15 is 0 Å². The number of methoxy groups -OCH3 is 2. The molecule has 1 saturated heterocycles. The quantitative estimate of drug-likeness (QED) is 0.782. The van der Waals surface area contributed by atoms with Crippen molar-refractivity contribution in [3.63, 3.8) is 0 Å². The van der Waals surface area contributed by atoms with Crippen molar-refractivity contribution < 1.29 is 14.2 Å². The molecule has 3 rings (SSSR count). The summed E-state index contributed by atoms with van der Waals surface area (Å²) in [4.78, 5) is 0. The lowest BCUT2D eigenvalue weighted by atomic mass is 10.0. The molecule has 0 radical (unpaired) electrons.